The lowest BCUT2D eigenvalue weighted by Crippen LogP contribution is -2.78. The van der Waals surface area contributed by atoms with Gasteiger partial charge in [-0.1, -0.05) is 82.0 Å². The van der Waals surface area contributed by atoms with Crippen molar-refractivity contribution in [3.8, 4) is 0 Å². The van der Waals surface area contributed by atoms with Gasteiger partial charge in [0.05, 0.1) is 0 Å². The number of allylic oxidation sites excluding steroid dienone is 2. The molecule has 2 saturated heterocycles. The highest BCUT2D eigenvalue weighted by Crippen LogP contribution is 2.55. The van der Waals surface area contributed by atoms with Gasteiger partial charge >= 0.3 is 29.8 Å². The fourth-order valence-corrected chi connectivity index (χ4v) is 7.09. The highest BCUT2D eigenvalue weighted by molar-refractivity contribution is 5.98. The van der Waals surface area contributed by atoms with Gasteiger partial charge in [-0.2, -0.15) is 0 Å². The molecular weight excluding hydrogens is 680 g/mol. The number of ether oxygens (including phenoxy) is 4. The summed E-state index contributed by atoms with van der Waals surface area (Å²) in [6, 6.07) is 10.1. The van der Waals surface area contributed by atoms with Crippen molar-refractivity contribution >= 4 is 29.8 Å². The quantitative estimate of drug-likeness (QED) is 0.0591. The number of aliphatic hydroxyl groups is 2. The van der Waals surface area contributed by atoms with E-state index in [4.69, 9.17) is 18.9 Å². The minimum atomic E-state index is -3.84. The van der Waals surface area contributed by atoms with E-state index >= 15 is 0 Å². The van der Waals surface area contributed by atoms with E-state index in [0.717, 1.165) is 51.4 Å². The smallest absolute Gasteiger partial charge is 0.344 e. The van der Waals surface area contributed by atoms with Gasteiger partial charge in [-0.3, -0.25) is 9.59 Å². The Morgan fingerprint density at radius 2 is 1.60 bits per heavy atom. The van der Waals surface area contributed by atoms with Crippen molar-refractivity contribution in [3.05, 3.63) is 48.0 Å². The number of aryl methyl sites for hydroxylation is 1. The van der Waals surface area contributed by atoms with Crippen LogP contribution in [0, 0.1) is 5.92 Å². The summed E-state index contributed by atoms with van der Waals surface area (Å²) >= 11 is 0. The lowest BCUT2D eigenvalue weighted by molar-refractivity contribution is -0.374. The molecule has 2 unspecified atom stereocenters. The molecule has 0 aromatic heterocycles. The second-order valence-corrected chi connectivity index (χ2v) is 13.9. The van der Waals surface area contributed by atoms with Crippen LogP contribution in [0.2, 0.25) is 0 Å². The van der Waals surface area contributed by atoms with Crippen molar-refractivity contribution in [1.82, 2.24) is 0 Å². The van der Waals surface area contributed by atoms with Crippen LogP contribution in [0.3, 0.4) is 0 Å². The van der Waals surface area contributed by atoms with Gasteiger partial charge in [0, 0.05) is 19.8 Å². The second kappa shape index (κ2) is 19.3. The third-order valence-corrected chi connectivity index (χ3v) is 9.82. The van der Waals surface area contributed by atoms with Crippen LogP contribution in [0.15, 0.2) is 42.5 Å². The Morgan fingerprint density at radius 1 is 0.923 bits per heavy atom. The number of fused-ring (bicyclic) bond motifs is 2. The normalized spacial score (nSPS) is 27.9. The summed E-state index contributed by atoms with van der Waals surface area (Å²) < 4.78 is 22.0. The summed E-state index contributed by atoms with van der Waals surface area (Å²) in [5.41, 5.74) is -6.09. The minimum absolute atomic E-state index is 0.0203. The van der Waals surface area contributed by atoms with Crippen LogP contribution in [-0.4, -0.2) is 96.8 Å². The van der Waals surface area contributed by atoms with Crippen LogP contribution < -0.4 is 0 Å². The summed E-state index contributed by atoms with van der Waals surface area (Å²) in [4.78, 5) is 62.7. The third-order valence-electron chi connectivity index (χ3n) is 9.82. The number of carboxylic acids is 3. The van der Waals surface area contributed by atoms with Gasteiger partial charge in [0.25, 0.3) is 0 Å². The van der Waals surface area contributed by atoms with Gasteiger partial charge in [0.2, 0.25) is 23.1 Å². The number of esters is 2. The summed E-state index contributed by atoms with van der Waals surface area (Å²) in [5, 5.41) is 53.4. The van der Waals surface area contributed by atoms with Gasteiger partial charge in [0.1, 0.15) is 12.2 Å². The molecule has 0 radical (unpaired) electrons. The number of unbranched alkanes of at least 4 members (excludes halogenated alkanes) is 4. The number of aliphatic carboxylic acids is 3. The Bertz CT molecular complexity index is 1400. The topological polar surface area (TPSA) is 223 Å². The zero-order valence-electron chi connectivity index (χ0n) is 30.2. The predicted octanol–water partition coefficient (Wildman–Crippen LogP) is 4.57. The molecule has 5 N–H and O–H groups in total. The zero-order valence-corrected chi connectivity index (χ0v) is 30.2. The number of carboxylic acid groups (broad SMARTS) is 3. The first kappa shape index (κ1) is 42.6. The molecule has 2 aliphatic rings. The molecule has 0 saturated carbocycles. The van der Waals surface area contributed by atoms with Crippen LogP contribution in [-0.2, 0) is 49.3 Å². The van der Waals surface area contributed by atoms with Gasteiger partial charge in [-0.05, 0) is 62.8 Å². The molecule has 2 heterocycles. The third kappa shape index (κ3) is 9.97. The lowest BCUT2D eigenvalue weighted by Gasteiger charge is -2.48. The SMILES string of the molecule is CCCCCCCC(CCC[C@]12O[C@H](C(=O)O)[C@@](O)(C(=O)O)[C@](C(=O)O)(O1)[C@H](OC(=O)CC/C=C/C(C)CCCc1ccccc1)[C@H]2O)OC(C)=O. The molecule has 2 aliphatic heterocycles. The predicted molar refractivity (Wildman–Crippen MR) is 185 cm³/mol. The summed E-state index contributed by atoms with van der Waals surface area (Å²) in [6.07, 6.45) is 3.43. The molecule has 8 atom stereocenters. The largest absolute Gasteiger partial charge is 0.479 e. The molecule has 3 rings (SSSR count). The van der Waals surface area contributed by atoms with Crippen LogP contribution in [0.1, 0.15) is 110 Å². The first-order valence-electron chi connectivity index (χ1n) is 18.2. The number of hydrogen-bond donors (Lipinski definition) is 5. The summed E-state index contributed by atoms with van der Waals surface area (Å²) in [7, 11) is 0. The standard InChI is InChI=1S/C38H54O14/c1-4-5-6-7-11-21-28(49-26(3)39)22-15-24-36-30(41)31(38(52-36,35(46)47)37(48,34(44)45)32(51-36)33(42)43)50-29(40)23-13-12-16-25(2)17-14-20-27-18-9-8-10-19-27/h8-10,12,16,18-19,25,28,30-32,41,48H,4-7,11,13-15,17,20-24H2,1-3H3,(H,42,43)(H,44,45)(H,46,47)/b16-12+/t25?,28?,30-,31-,32-,36+,37-,38+/m1/s1. The van der Waals surface area contributed by atoms with E-state index < -0.39 is 77.7 Å². The maximum atomic E-state index is 13.1. The molecular formula is C38H54O14. The first-order chi connectivity index (χ1) is 24.6. The van der Waals surface area contributed by atoms with E-state index in [-0.39, 0.29) is 31.6 Å². The van der Waals surface area contributed by atoms with Crippen molar-refractivity contribution in [2.45, 2.75) is 152 Å². The molecule has 0 amide bonds. The van der Waals surface area contributed by atoms with E-state index in [1.165, 1.54) is 12.5 Å². The van der Waals surface area contributed by atoms with Crippen molar-refractivity contribution < 1.29 is 68.5 Å². The molecule has 2 bridgehead atoms. The Hall–Kier alpha value is -3.85. The van der Waals surface area contributed by atoms with Crippen LogP contribution in [0.25, 0.3) is 0 Å². The first-order valence-corrected chi connectivity index (χ1v) is 18.2. The number of hydrogen-bond acceptors (Lipinski definition) is 11. The summed E-state index contributed by atoms with van der Waals surface area (Å²) in [5.74, 6) is -10.5. The molecule has 14 heteroatoms. The monoisotopic (exact) mass is 734 g/mol. The molecule has 52 heavy (non-hydrogen) atoms. The summed E-state index contributed by atoms with van der Waals surface area (Å²) in [6.45, 7) is 5.36. The Kier molecular flexibility index (Phi) is 15.8. The number of carbonyl (C=O) groups excluding carboxylic acids is 2. The maximum Gasteiger partial charge on any atom is 0.344 e. The fraction of sp³-hybridized carbons (Fsp3) is 0.658. The molecule has 290 valence electrons. The van der Waals surface area contributed by atoms with Crippen molar-refractivity contribution in [2.24, 2.45) is 5.92 Å². The van der Waals surface area contributed by atoms with E-state index in [9.17, 15) is 49.5 Å². The van der Waals surface area contributed by atoms with Crippen molar-refractivity contribution in [2.75, 3.05) is 0 Å². The van der Waals surface area contributed by atoms with Gasteiger partial charge in [0.15, 0.2) is 6.10 Å². The Balaban J connectivity index is 1.76. The van der Waals surface area contributed by atoms with Crippen molar-refractivity contribution in [1.29, 1.82) is 0 Å². The average Bonchev–Trinajstić information content (AvgIpc) is 3.30. The lowest BCUT2D eigenvalue weighted by atomic mass is 9.74. The zero-order chi connectivity index (χ0) is 38.5. The fourth-order valence-electron chi connectivity index (χ4n) is 7.09. The van der Waals surface area contributed by atoms with Crippen molar-refractivity contribution in [3.63, 3.8) is 0 Å². The maximum absolute atomic E-state index is 13.1. The Labute approximate surface area is 304 Å². The molecule has 0 spiro atoms. The van der Waals surface area contributed by atoms with E-state index in [2.05, 4.69) is 19.1 Å². The number of aliphatic hydroxyl groups excluding tert-OH is 1. The van der Waals surface area contributed by atoms with Crippen LogP contribution in [0.4, 0.5) is 0 Å². The average molecular weight is 735 g/mol. The molecule has 2 fully saturated rings. The van der Waals surface area contributed by atoms with Gasteiger partial charge < -0.3 is 44.5 Å². The molecule has 0 aliphatic carbocycles. The number of carbonyl (C=O) groups is 5. The van der Waals surface area contributed by atoms with Gasteiger partial charge in [-0.15, -0.1) is 0 Å². The highest BCUT2D eigenvalue weighted by atomic mass is 16.8. The molecule has 1 aromatic rings. The van der Waals surface area contributed by atoms with E-state index in [0.29, 0.717) is 6.42 Å². The highest BCUT2D eigenvalue weighted by Gasteiger charge is 2.85. The van der Waals surface area contributed by atoms with E-state index in [1.54, 1.807) is 6.08 Å². The Morgan fingerprint density at radius 3 is 2.21 bits per heavy atom. The molecule has 14 nitrogen and oxygen atoms in total. The van der Waals surface area contributed by atoms with E-state index in [1.807, 2.05) is 31.2 Å². The van der Waals surface area contributed by atoms with Crippen LogP contribution in [0.5, 0.6) is 0 Å². The number of rotatable bonds is 23. The van der Waals surface area contributed by atoms with Crippen LogP contribution >= 0.6 is 0 Å². The van der Waals surface area contributed by atoms with Gasteiger partial charge in [-0.25, -0.2) is 14.4 Å². The minimum Gasteiger partial charge on any atom is -0.479 e. The number of benzene rings is 1. The second-order valence-electron chi connectivity index (χ2n) is 13.9. The molecule has 1 aromatic carbocycles.